The molecule has 2 aliphatic heterocycles. The Kier molecular flexibility index (Phi) is 7.89. The number of anilines is 1. The third-order valence-electron chi connectivity index (χ3n) is 5.07. The first kappa shape index (κ1) is 26.7. The molecule has 0 aromatic carbocycles. The lowest BCUT2D eigenvalue weighted by Gasteiger charge is -2.50. The van der Waals surface area contributed by atoms with E-state index in [1.54, 1.807) is 36.0 Å². The third kappa shape index (κ3) is 5.97. The number of β-lactam (4-membered cyclic amide) rings is 1. The maximum atomic E-state index is 13.0. The molecule has 196 valence electrons. The number of carbonyl (C=O) groups is 3. The van der Waals surface area contributed by atoms with Crippen LogP contribution in [0.5, 0.6) is 0 Å². The number of carboxylic acids is 1. The largest absolute Gasteiger partial charge is 0.543 e. The summed E-state index contributed by atoms with van der Waals surface area (Å²) in [6.07, 6.45) is 3.55. The molecule has 2 aromatic heterocycles. The molecule has 0 saturated carbocycles. The molecule has 5 N–H and O–H groups in total. The minimum atomic E-state index is -4.16. The van der Waals surface area contributed by atoms with Crippen LogP contribution >= 0.6 is 31.0 Å². The number of aliphatic carboxylic acids is 1. The lowest BCUT2D eigenvalue weighted by molar-refractivity contribution is -0.689. The molecule has 3 atom stereocenters. The zero-order valence-corrected chi connectivity index (χ0v) is 21.7. The Labute approximate surface area is 218 Å². The van der Waals surface area contributed by atoms with Crippen LogP contribution in [0, 0.1) is 0 Å². The van der Waals surface area contributed by atoms with Gasteiger partial charge in [0, 0.05) is 35.0 Å². The SMILES string of the molecule is CCON=C(C(=O)NC1C(=O)N2C(C(=O)[O-])=C(C[n+]3ccccc3)CS[C@@H]12)c1nsc(NP(N)(=O)O)n1. The van der Waals surface area contributed by atoms with E-state index in [1.165, 1.54) is 11.8 Å². The number of thioether (sulfide) groups is 1. The molecule has 1 saturated heterocycles. The summed E-state index contributed by atoms with van der Waals surface area (Å²) < 4.78 is 17.1. The summed E-state index contributed by atoms with van der Waals surface area (Å²) in [5, 5.41) is 19.5. The van der Waals surface area contributed by atoms with Crippen LogP contribution in [0.4, 0.5) is 5.13 Å². The van der Waals surface area contributed by atoms with Crippen molar-refractivity contribution >= 4 is 59.6 Å². The summed E-state index contributed by atoms with van der Waals surface area (Å²) in [5.41, 5.74) is 4.95. The standard InChI is InChI=1S/C19H21N8O7PS2/c1-2-34-23-11(14-22-19(37-25-14)24-35(20,32)33)15(28)21-12-16(29)27-13(18(30)31)10(9-36-17(12)27)8-26-6-4-3-5-7-26/h3-7,12,17H,2,8-9H2,1H3,(H5-,20,21,22,24,25,28,30,31,32,33)/t12?,17-/m0/s1. The van der Waals surface area contributed by atoms with Crippen molar-refractivity contribution in [3.63, 3.8) is 0 Å². The fraction of sp³-hybridized carbons (Fsp3) is 0.316. The predicted octanol–water partition coefficient (Wildman–Crippen LogP) is -1.86. The summed E-state index contributed by atoms with van der Waals surface area (Å²) >= 11 is 1.95. The minimum Gasteiger partial charge on any atom is -0.543 e. The Bertz CT molecular complexity index is 1330. The van der Waals surface area contributed by atoms with Gasteiger partial charge in [-0.3, -0.25) is 19.6 Å². The van der Waals surface area contributed by atoms with Gasteiger partial charge in [-0.2, -0.15) is 9.36 Å². The Morgan fingerprint density at radius 3 is 2.78 bits per heavy atom. The number of nitrogens with one attached hydrogen (secondary N) is 2. The molecule has 2 aromatic rings. The highest BCUT2D eigenvalue weighted by Crippen LogP contribution is 2.40. The van der Waals surface area contributed by atoms with Gasteiger partial charge in [-0.25, -0.2) is 14.6 Å². The van der Waals surface area contributed by atoms with E-state index in [0.717, 1.165) is 4.90 Å². The molecule has 15 nitrogen and oxygen atoms in total. The first-order valence-corrected chi connectivity index (χ1v) is 14.2. The normalized spacial score (nSPS) is 21.0. The number of hydrogen-bond acceptors (Lipinski definition) is 11. The van der Waals surface area contributed by atoms with Crippen molar-refractivity contribution in [2.45, 2.75) is 24.9 Å². The molecule has 0 bridgehead atoms. The minimum absolute atomic E-state index is 0.108. The second-order valence-corrected chi connectivity index (χ2v) is 11.0. The first-order chi connectivity index (χ1) is 17.6. The van der Waals surface area contributed by atoms with Crippen LogP contribution < -0.4 is 25.6 Å². The lowest BCUT2D eigenvalue weighted by Crippen LogP contribution is -2.71. The van der Waals surface area contributed by atoms with Gasteiger partial charge < -0.3 is 24.9 Å². The Hall–Kier alpha value is -3.37. The summed E-state index contributed by atoms with van der Waals surface area (Å²) in [6.45, 7) is 1.99. The summed E-state index contributed by atoms with van der Waals surface area (Å²) in [5.74, 6) is -2.91. The van der Waals surface area contributed by atoms with E-state index in [-0.39, 0.29) is 35.5 Å². The lowest BCUT2D eigenvalue weighted by atomic mass is 10.0. The van der Waals surface area contributed by atoms with E-state index in [9.17, 15) is 28.9 Å². The van der Waals surface area contributed by atoms with Gasteiger partial charge >= 0.3 is 7.67 Å². The Morgan fingerprint density at radius 1 is 1.41 bits per heavy atom. The predicted molar refractivity (Wildman–Crippen MR) is 129 cm³/mol. The van der Waals surface area contributed by atoms with E-state index in [2.05, 4.69) is 24.9 Å². The van der Waals surface area contributed by atoms with Crippen LogP contribution in [-0.2, 0) is 30.3 Å². The molecular weight excluding hydrogens is 547 g/mol. The van der Waals surface area contributed by atoms with Gasteiger partial charge in [-0.05, 0) is 6.92 Å². The monoisotopic (exact) mass is 568 g/mol. The number of amides is 2. The fourth-order valence-corrected chi connectivity index (χ4v) is 6.22. The quantitative estimate of drug-likeness (QED) is 0.0816. The number of pyridine rings is 1. The highest BCUT2D eigenvalue weighted by atomic mass is 32.2. The molecule has 37 heavy (non-hydrogen) atoms. The van der Waals surface area contributed by atoms with Crippen LogP contribution in [0.15, 0.2) is 47.0 Å². The van der Waals surface area contributed by atoms with Crippen LogP contribution in [0.3, 0.4) is 0 Å². The number of oxime groups is 1. The number of rotatable bonds is 10. The van der Waals surface area contributed by atoms with E-state index >= 15 is 0 Å². The first-order valence-electron chi connectivity index (χ1n) is 10.7. The number of nitrogens with zero attached hydrogens (tertiary/aromatic N) is 5. The van der Waals surface area contributed by atoms with Crippen molar-refractivity contribution in [2.24, 2.45) is 10.7 Å². The molecule has 0 aliphatic carbocycles. The number of carboxylic acid groups (broad SMARTS) is 1. The van der Waals surface area contributed by atoms with Crippen LogP contribution in [0.25, 0.3) is 0 Å². The van der Waals surface area contributed by atoms with Gasteiger partial charge in [-0.1, -0.05) is 11.2 Å². The van der Waals surface area contributed by atoms with Gasteiger partial charge in [0.1, 0.15) is 18.0 Å². The highest BCUT2D eigenvalue weighted by Gasteiger charge is 2.53. The zero-order chi connectivity index (χ0) is 26.7. The number of nitrogens with two attached hydrogens (primary N) is 1. The van der Waals surface area contributed by atoms with Crippen molar-refractivity contribution in [2.75, 3.05) is 17.4 Å². The van der Waals surface area contributed by atoms with Gasteiger partial charge in [0.25, 0.3) is 11.8 Å². The van der Waals surface area contributed by atoms with E-state index < -0.39 is 36.9 Å². The van der Waals surface area contributed by atoms with Crippen molar-refractivity contribution in [1.82, 2.24) is 19.6 Å². The smallest absolute Gasteiger partial charge is 0.362 e. The van der Waals surface area contributed by atoms with E-state index in [4.69, 9.17) is 10.3 Å². The third-order valence-corrected chi connectivity index (χ3v) is 7.73. The molecule has 1 fully saturated rings. The fourth-order valence-electron chi connectivity index (χ4n) is 3.58. The topological polar surface area (TPSA) is 216 Å². The van der Waals surface area contributed by atoms with Gasteiger partial charge in [0.05, 0.1) is 11.7 Å². The van der Waals surface area contributed by atoms with Crippen molar-refractivity contribution in [3.05, 3.63) is 47.7 Å². The van der Waals surface area contributed by atoms with Crippen LogP contribution in [0.1, 0.15) is 12.7 Å². The molecule has 0 radical (unpaired) electrons. The second-order valence-electron chi connectivity index (χ2n) is 7.66. The number of hydrogen-bond donors (Lipinski definition) is 4. The number of fused-ring (bicyclic) bond motifs is 1. The maximum Gasteiger partial charge on any atom is 0.362 e. The van der Waals surface area contributed by atoms with Gasteiger partial charge in [-0.15, -0.1) is 11.8 Å². The summed E-state index contributed by atoms with van der Waals surface area (Å²) in [6, 6.07) is 4.37. The zero-order valence-electron chi connectivity index (χ0n) is 19.1. The average molecular weight is 569 g/mol. The van der Waals surface area contributed by atoms with Crippen molar-refractivity contribution < 1.29 is 38.4 Å². The van der Waals surface area contributed by atoms with Crippen molar-refractivity contribution in [1.29, 1.82) is 0 Å². The molecule has 4 heterocycles. The summed E-state index contributed by atoms with van der Waals surface area (Å²) in [4.78, 5) is 57.2. The van der Waals surface area contributed by atoms with E-state index in [0.29, 0.717) is 22.9 Å². The Morgan fingerprint density at radius 2 is 2.14 bits per heavy atom. The van der Waals surface area contributed by atoms with Crippen LogP contribution in [0.2, 0.25) is 0 Å². The van der Waals surface area contributed by atoms with Gasteiger partial charge in [0.15, 0.2) is 18.9 Å². The molecule has 2 aliphatic rings. The molecule has 0 spiro atoms. The molecule has 18 heteroatoms. The highest BCUT2D eigenvalue weighted by molar-refractivity contribution is 8.00. The second kappa shape index (κ2) is 10.9. The van der Waals surface area contributed by atoms with E-state index in [1.807, 2.05) is 6.07 Å². The summed E-state index contributed by atoms with van der Waals surface area (Å²) in [7, 11) is -4.16. The molecular formula is C19H21N8O7PS2. The maximum absolute atomic E-state index is 13.0. The molecule has 4 rings (SSSR count). The average Bonchev–Trinajstić information content (AvgIpc) is 3.29. The van der Waals surface area contributed by atoms with Crippen LogP contribution in [-0.4, -0.2) is 66.4 Å². The number of aromatic nitrogens is 3. The number of carbonyl (C=O) groups excluding carboxylic acids is 3. The molecule has 2 amide bonds. The van der Waals surface area contributed by atoms with Crippen molar-refractivity contribution in [3.8, 4) is 0 Å². The van der Waals surface area contributed by atoms with Gasteiger partial charge in [0.2, 0.25) is 16.7 Å². The molecule has 2 unspecified atom stereocenters. The Balaban J connectivity index is 1.52.